The molecule has 0 aliphatic rings. The Kier molecular flexibility index (Phi) is 6.96. The smallest absolute Gasteiger partial charge is 0.276 e. The maximum absolute atomic E-state index is 13.9. The van der Waals surface area contributed by atoms with E-state index in [0.717, 1.165) is 11.8 Å². The zero-order valence-electron chi connectivity index (χ0n) is 19.9. The summed E-state index contributed by atoms with van der Waals surface area (Å²) in [5.41, 5.74) is 0.897. The second kappa shape index (κ2) is 9.82. The molecule has 4 aromatic rings. The topological polar surface area (TPSA) is 103 Å². The quantitative estimate of drug-likeness (QED) is 0.371. The standard InChI is InChI=1S/C25H22BrF2N5O3/c1-13-5-6-15(18-7-8-29-24(32-18)25(3,4)35)9-20(13)33-14(2)31-22(21(26)23(33)34)36-12-19-17(28)10-16(27)11-30-19/h5-11,35H,12H2,1-4H3. The fourth-order valence-electron chi connectivity index (χ4n) is 3.47. The monoisotopic (exact) mass is 557 g/mol. The Hall–Kier alpha value is -3.57. The van der Waals surface area contributed by atoms with Gasteiger partial charge >= 0.3 is 0 Å². The number of benzene rings is 1. The van der Waals surface area contributed by atoms with Gasteiger partial charge in [-0.05, 0) is 61.3 Å². The summed E-state index contributed by atoms with van der Waals surface area (Å²) in [6.45, 7) is 6.35. The summed E-state index contributed by atoms with van der Waals surface area (Å²) in [6.07, 6.45) is 2.45. The highest BCUT2D eigenvalue weighted by molar-refractivity contribution is 9.10. The normalized spacial score (nSPS) is 11.6. The van der Waals surface area contributed by atoms with Gasteiger partial charge in [-0.2, -0.15) is 4.98 Å². The van der Waals surface area contributed by atoms with E-state index < -0.39 is 22.8 Å². The van der Waals surface area contributed by atoms with Gasteiger partial charge in [0.25, 0.3) is 5.56 Å². The highest BCUT2D eigenvalue weighted by Gasteiger charge is 2.21. The third-order valence-corrected chi connectivity index (χ3v) is 6.02. The van der Waals surface area contributed by atoms with Crippen molar-refractivity contribution >= 4 is 15.9 Å². The minimum atomic E-state index is -1.21. The average Bonchev–Trinajstić information content (AvgIpc) is 2.82. The second-order valence-corrected chi connectivity index (χ2v) is 9.41. The Morgan fingerprint density at radius 1 is 1.11 bits per heavy atom. The number of hydrogen-bond donors (Lipinski definition) is 1. The van der Waals surface area contributed by atoms with E-state index in [-0.39, 0.29) is 28.5 Å². The molecule has 3 heterocycles. The van der Waals surface area contributed by atoms with E-state index in [4.69, 9.17) is 4.74 Å². The number of ether oxygens (including phenoxy) is 1. The molecule has 3 aromatic heterocycles. The molecule has 1 N–H and O–H groups in total. The van der Waals surface area contributed by atoms with Crippen LogP contribution in [-0.2, 0) is 12.2 Å². The van der Waals surface area contributed by atoms with Gasteiger partial charge in [-0.1, -0.05) is 12.1 Å². The molecule has 8 nitrogen and oxygen atoms in total. The van der Waals surface area contributed by atoms with Crippen LogP contribution in [0.5, 0.6) is 5.88 Å². The Labute approximate surface area is 213 Å². The van der Waals surface area contributed by atoms with Crippen molar-refractivity contribution in [2.24, 2.45) is 0 Å². The van der Waals surface area contributed by atoms with Crippen LogP contribution in [0.4, 0.5) is 8.78 Å². The number of aliphatic hydroxyl groups is 1. The largest absolute Gasteiger partial charge is 0.470 e. The van der Waals surface area contributed by atoms with Gasteiger partial charge in [0.2, 0.25) is 5.88 Å². The number of pyridine rings is 1. The Morgan fingerprint density at radius 2 is 1.86 bits per heavy atom. The van der Waals surface area contributed by atoms with E-state index in [9.17, 15) is 18.7 Å². The lowest BCUT2D eigenvalue weighted by Crippen LogP contribution is -2.24. The molecule has 186 valence electrons. The van der Waals surface area contributed by atoms with Crippen LogP contribution in [0, 0.1) is 25.5 Å². The lowest BCUT2D eigenvalue weighted by Gasteiger charge is -2.17. The molecule has 0 spiro atoms. The molecule has 0 radical (unpaired) electrons. The first-order valence-electron chi connectivity index (χ1n) is 10.8. The first-order valence-corrected chi connectivity index (χ1v) is 11.6. The van der Waals surface area contributed by atoms with Gasteiger partial charge < -0.3 is 9.84 Å². The SMILES string of the molecule is Cc1ccc(-c2ccnc(C(C)(C)O)n2)cc1-n1c(C)nc(OCc2ncc(F)cc2F)c(Br)c1=O. The van der Waals surface area contributed by atoms with Crippen molar-refractivity contribution in [3.63, 3.8) is 0 Å². The first kappa shape index (κ1) is 25.5. The molecule has 0 unspecified atom stereocenters. The van der Waals surface area contributed by atoms with E-state index in [1.54, 1.807) is 39.1 Å². The molecule has 0 aliphatic carbocycles. The number of aromatic nitrogens is 5. The van der Waals surface area contributed by atoms with Crippen LogP contribution in [0.15, 0.2) is 52.0 Å². The summed E-state index contributed by atoms with van der Waals surface area (Å²) >= 11 is 3.24. The summed E-state index contributed by atoms with van der Waals surface area (Å²) in [7, 11) is 0. The summed E-state index contributed by atoms with van der Waals surface area (Å²) in [5.74, 6) is -1.11. The maximum Gasteiger partial charge on any atom is 0.276 e. The number of halogens is 3. The molecule has 36 heavy (non-hydrogen) atoms. The van der Waals surface area contributed by atoms with Gasteiger partial charge in [0, 0.05) is 17.8 Å². The van der Waals surface area contributed by atoms with E-state index >= 15 is 0 Å². The zero-order chi connectivity index (χ0) is 26.2. The highest BCUT2D eigenvalue weighted by atomic mass is 79.9. The summed E-state index contributed by atoms with van der Waals surface area (Å²) < 4.78 is 34.0. The molecule has 4 rings (SSSR count). The van der Waals surface area contributed by atoms with Gasteiger partial charge in [0.15, 0.2) is 11.6 Å². The van der Waals surface area contributed by atoms with Crippen LogP contribution in [0.3, 0.4) is 0 Å². The van der Waals surface area contributed by atoms with E-state index in [1.807, 2.05) is 19.1 Å². The molecule has 0 atom stereocenters. The van der Waals surface area contributed by atoms with Crippen LogP contribution >= 0.6 is 15.9 Å². The van der Waals surface area contributed by atoms with Crippen LogP contribution in [0.1, 0.15) is 36.8 Å². The van der Waals surface area contributed by atoms with Crippen molar-refractivity contribution in [1.29, 1.82) is 0 Å². The van der Waals surface area contributed by atoms with Crippen LogP contribution in [0.2, 0.25) is 0 Å². The van der Waals surface area contributed by atoms with Gasteiger partial charge in [0.1, 0.15) is 34.0 Å². The van der Waals surface area contributed by atoms with Gasteiger partial charge in [-0.15, -0.1) is 0 Å². The van der Waals surface area contributed by atoms with Crippen molar-refractivity contribution in [2.45, 2.75) is 39.9 Å². The first-order chi connectivity index (χ1) is 17.0. The number of hydrogen-bond acceptors (Lipinski definition) is 7. The highest BCUT2D eigenvalue weighted by Crippen LogP contribution is 2.27. The number of aryl methyl sites for hydroxylation is 2. The van der Waals surface area contributed by atoms with Crippen LogP contribution in [0.25, 0.3) is 16.9 Å². The van der Waals surface area contributed by atoms with Crippen molar-refractivity contribution in [3.05, 3.63) is 92.1 Å². The fraction of sp³-hybridized carbons (Fsp3) is 0.240. The Morgan fingerprint density at radius 3 is 2.56 bits per heavy atom. The van der Waals surface area contributed by atoms with Crippen molar-refractivity contribution in [1.82, 2.24) is 24.5 Å². The molecule has 1 aromatic carbocycles. The van der Waals surface area contributed by atoms with Crippen LogP contribution < -0.4 is 10.3 Å². The molecule has 0 aliphatic heterocycles. The Balaban J connectivity index is 1.72. The Bertz CT molecular complexity index is 1520. The minimum Gasteiger partial charge on any atom is -0.470 e. The predicted octanol–water partition coefficient (Wildman–Crippen LogP) is 4.55. The van der Waals surface area contributed by atoms with Gasteiger partial charge in [-0.3, -0.25) is 14.3 Å². The average molecular weight is 558 g/mol. The summed E-state index contributed by atoms with van der Waals surface area (Å²) in [6, 6.07) is 7.93. The molecular weight excluding hydrogens is 536 g/mol. The molecule has 11 heteroatoms. The van der Waals surface area contributed by atoms with E-state index in [0.29, 0.717) is 28.8 Å². The fourth-order valence-corrected chi connectivity index (χ4v) is 3.85. The second-order valence-electron chi connectivity index (χ2n) is 8.62. The van der Waals surface area contributed by atoms with E-state index in [2.05, 4.69) is 35.9 Å². The van der Waals surface area contributed by atoms with Crippen molar-refractivity contribution in [3.8, 4) is 22.8 Å². The third kappa shape index (κ3) is 5.17. The lowest BCUT2D eigenvalue weighted by atomic mass is 10.1. The molecule has 0 bridgehead atoms. The number of rotatable bonds is 6. The molecule has 0 saturated carbocycles. The minimum absolute atomic E-state index is 0.0341. The maximum atomic E-state index is 13.9. The molecule has 0 amide bonds. The third-order valence-electron chi connectivity index (χ3n) is 5.34. The van der Waals surface area contributed by atoms with Gasteiger partial charge in [0.05, 0.1) is 17.6 Å². The predicted molar refractivity (Wildman–Crippen MR) is 132 cm³/mol. The number of nitrogens with zero attached hydrogens (tertiary/aromatic N) is 5. The summed E-state index contributed by atoms with van der Waals surface area (Å²) in [5, 5.41) is 10.3. The molecule has 0 saturated heterocycles. The zero-order valence-corrected chi connectivity index (χ0v) is 21.5. The van der Waals surface area contributed by atoms with Crippen molar-refractivity contribution in [2.75, 3.05) is 0 Å². The summed E-state index contributed by atoms with van der Waals surface area (Å²) in [4.78, 5) is 30.0. The molecule has 0 fully saturated rings. The van der Waals surface area contributed by atoms with Crippen molar-refractivity contribution < 1.29 is 18.6 Å². The van der Waals surface area contributed by atoms with Crippen LogP contribution in [-0.4, -0.2) is 29.6 Å². The van der Waals surface area contributed by atoms with Gasteiger partial charge in [-0.25, -0.2) is 18.7 Å². The molecular formula is C25H22BrF2N5O3. The lowest BCUT2D eigenvalue weighted by molar-refractivity contribution is 0.0688. The van der Waals surface area contributed by atoms with E-state index in [1.165, 1.54) is 4.57 Å².